The number of allylic oxidation sites excluding steroid dienone is 2. The third-order valence-electron chi connectivity index (χ3n) is 13.5. The molecule has 0 radical (unpaired) electrons. The SMILES string of the molecule is CCCCc1ccccc1-c1cccc2c1C=C(C(C)C)[CH]2[Hf]([c]1cccc2c1[SiH2]c1ccccc1-2)[CH]1C(C(C)C)=Cc2c(-c3ccccc3CCCC)cccc21. The van der Waals surface area contributed by atoms with E-state index >= 15 is 0 Å². The van der Waals surface area contributed by atoms with E-state index in [0.29, 0.717) is 19.2 Å². The van der Waals surface area contributed by atoms with Gasteiger partial charge in [0.1, 0.15) is 0 Å². The predicted molar refractivity (Wildman–Crippen MR) is 251 cm³/mol. The average Bonchev–Trinajstić information content (AvgIpc) is 3.95. The van der Waals surface area contributed by atoms with Gasteiger partial charge >= 0.3 is 361 Å². The minimum atomic E-state index is -3.16. The number of unbranched alkanes of at least 4 members (excludes halogenated alkanes) is 2. The Morgan fingerprint density at radius 2 is 0.931 bits per heavy atom. The Morgan fingerprint density at radius 3 is 1.45 bits per heavy atom. The fraction of sp³-hybridized carbons (Fsp3) is 0.286. The first-order valence-corrected chi connectivity index (χ1v) is 29.7. The van der Waals surface area contributed by atoms with Crippen LogP contribution in [0.1, 0.15) is 108 Å². The summed E-state index contributed by atoms with van der Waals surface area (Å²) in [4.78, 5) is 0. The summed E-state index contributed by atoms with van der Waals surface area (Å²) in [5.74, 6) is 0.937. The van der Waals surface area contributed by atoms with Crippen molar-refractivity contribution in [3.63, 3.8) is 0 Å². The quantitative estimate of drug-likeness (QED) is 0.101. The van der Waals surface area contributed by atoms with Crippen LogP contribution in [-0.4, -0.2) is 9.52 Å². The third kappa shape index (κ3) is 6.97. The molecule has 3 aliphatic rings. The van der Waals surface area contributed by atoms with Gasteiger partial charge in [0.15, 0.2) is 0 Å². The van der Waals surface area contributed by atoms with Crippen LogP contribution in [-0.2, 0) is 34.3 Å². The summed E-state index contributed by atoms with van der Waals surface area (Å²) in [6.45, 7) is 14.6. The topological polar surface area (TPSA) is 0 Å². The average molecular weight is 939 g/mol. The van der Waals surface area contributed by atoms with Crippen molar-refractivity contribution in [1.29, 1.82) is 0 Å². The second-order valence-electron chi connectivity index (χ2n) is 17.7. The molecule has 0 nitrogen and oxygen atoms in total. The van der Waals surface area contributed by atoms with Gasteiger partial charge in [-0.2, -0.15) is 0 Å². The fourth-order valence-electron chi connectivity index (χ4n) is 10.7. The van der Waals surface area contributed by atoms with Crippen LogP contribution in [0.2, 0.25) is 0 Å². The van der Waals surface area contributed by atoms with E-state index < -0.39 is 31.0 Å². The second kappa shape index (κ2) is 16.9. The van der Waals surface area contributed by atoms with Crippen molar-refractivity contribution in [3.05, 3.63) is 172 Å². The minimum absolute atomic E-state index is 0.468. The van der Waals surface area contributed by atoms with E-state index in [2.05, 4.69) is 181 Å². The van der Waals surface area contributed by atoms with Gasteiger partial charge < -0.3 is 0 Å². The molecule has 0 amide bonds. The Labute approximate surface area is 358 Å². The fourth-order valence-corrected chi connectivity index (χ4v) is 31.2. The molecule has 2 heteroatoms. The first kappa shape index (κ1) is 39.4. The summed E-state index contributed by atoms with van der Waals surface area (Å²) in [5, 5.41) is 3.39. The van der Waals surface area contributed by atoms with Gasteiger partial charge in [-0.1, -0.05) is 0 Å². The number of rotatable bonds is 13. The van der Waals surface area contributed by atoms with E-state index in [1.807, 2.05) is 3.32 Å². The van der Waals surface area contributed by atoms with Crippen LogP contribution < -0.4 is 13.7 Å². The molecule has 0 saturated heterocycles. The molecule has 0 spiro atoms. The van der Waals surface area contributed by atoms with Gasteiger partial charge in [0, 0.05) is 0 Å². The summed E-state index contributed by atoms with van der Waals surface area (Å²) >= 11 is -3.16. The summed E-state index contributed by atoms with van der Waals surface area (Å²) in [6, 6.07) is 50.3. The number of benzene rings is 6. The molecule has 1 heterocycles. The van der Waals surface area contributed by atoms with Crippen LogP contribution in [0.5, 0.6) is 0 Å². The molecule has 0 fully saturated rings. The van der Waals surface area contributed by atoms with Crippen LogP contribution in [0.15, 0.2) is 139 Å². The van der Waals surface area contributed by atoms with E-state index in [9.17, 15) is 0 Å². The zero-order chi connectivity index (χ0) is 39.9. The normalized spacial score (nSPS) is 16.7. The molecule has 291 valence electrons. The van der Waals surface area contributed by atoms with Gasteiger partial charge in [-0.3, -0.25) is 0 Å². The molecule has 1 aliphatic heterocycles. The van der Waals surface area contributed by atoms with E-state index in [4.69, 9.17) is 0 Å². The van der Waals surface area contributed by atoms with Crippen molar-refractivity contribution in [2.45, 2.75) is 87.4 Å². The number of hydrogen-bond donors (Lipinski definition) is 0. The van der Waals surface area contributed by atoms with Crippen LogP contribution in [0.25, 0.3) is 45.5 Å². The van der Waals surface area contributed by atoms with Crippen LogP contribution >= 0.6 is 0 Å². The van der Waals surface area contributed by atoms with Gasteiger partial charge in [0.25, 0.3) is 0 Å². The molecule has 2 atom stereocenters. The third-order valence-corrected chi connectivity index (χ3v) is 29.9. The molecule has 9 rings (SSSR count). The van der Waals surface area contributed by atoms with Gasteiger partial charge in [-0.15, -0.1) is 0 Å². The molecule has 0 bridgehead atoms. The Balaban J connectivity index is 1.29. The summed E-state index contributed by atoms with van der Waals surface area (Å²) in [7, 11) is -0.622. The summed E-state index contributed by atoms with van der Waals surface area (Å²) < 4.78 is 2.76. The Bertz CT molecular complexity index is 2420. The van der Waals surface area contributed by atoms with E-state index in [1.54, 1.807) is 38.2 Å². The molecule has 0 saturated carbocycles. The van der Waals surface area contributed by atoms with Gasteiger partial charge in [0.05, 0.1) is 0 Å². The first-order valence-electron chi connectivity index (χ1n) is 22.3. The molecular weight excluding hydrogens is 879 g/mol. The van der Waals surface area contributed by atoms with Crippen LogP contribution in [0.4, 0.5) is 0 Å². The van der Waals surface area contributed by atoms with Gasteiger partial charge in [-0.25, -0.2) is 0 Å². The molecular formula is C56H59HfSi. The van der Waals surface area contributed by atoms with Crippen molar-refractivity contribution in [2.24, 2.45) is 11.8 Å². The van der Waals surface area contributed by atoms with E-state index in [0.717, 1.165) is 12.8 Å². The van der Waals surface area contributed by atoms with Crippen molar-refractivity contribution >= 4 is 35.4 Å². The molecule has 2 aliphatic carbocycles. The Hall–Kier alpha value is -4.11. The molecule has 2 unspecified atom stereocenters. The first-order chi connectivity index (χ1) is 28.4. The zero-order valence-electron chi connectivity index (χ0n) is 35.5. The van der Waals surface area contributed by atoms with E-state index in [1.165, 1.54) is 75.8 Å². The monoisotopic (exact) mass is 939 g/mol. The van der Waals surface area contributed by atoms with Gasteiger partial charge in [-0.05, 0) is 0 Å². The molecule has 58 heavy (non-hydrogen) atoms. The maximum atomic E-state index is 2.70. The molecule has 6 aromatic rings. The van der Waals surface area contributed by atoms with Crippen LogP contribution in [0, 0.1) is 11.8 Å². The Kier molecular flexibility index (Phi) is 11.4. The van der Waals surface area contributed by atoms with Crippen molar-refractivity contribution in [2.75, 3.05) is 0 Å². The van der Waals surface area contributed by atoms with Gasteiger partial charge in [0.2, 0.25) is 0 Å². The zero-order valence-corrected chi connectivity index (χ0v) is 40.5. The molecule has 0 N–H and O–H groups in total. The van der Waals surface area contributed by atoms with Crippen molar-refractivity contribution < 1.29 is 21.4 Å². The second-order valence-corrected chi connectivity index (χ2v) is 28.9. The van der Waals surface area contributed by atoms with Crippen LogP contribution in [0.3, 0.4) is 0 Å². The maximum absolute atomic E-state index is 3.16. The summed E-state index contributed by atoms with van der Waals surface area (Å²) in [5.41, 5.74) is 21.4. The predicted octanol–water partition coefficient (Wildman–Crippen LogP) is 12.6. The number of aryl methyl sites for hydroxylation is 2. The van der Waals surface area contributed by atoms with E-state index in [-0.39, 0.29) is 0 Å². The molecule has 0 aromatic heterocycles. The van der Waals surface area contributed by atoms with Crippen molar-refractivity contribution in [3.8, 4) is 33.4 Å². The summed E-state index contributed by atoms with van der Waals surface area (Å²) in [6.07, 6.45) is 12.5. The number of fused-ring (bicyclic) bond motifs is 5. The standard InChI is InChI=1S/2C22H25.C12H9Si.Hf/c2*1-4-5-9-17-10-6-7-12-20(17)21-13-8-11-18-14-19(16(2)3)15-22(18)21;1-3-7-11-9(5-1)10-6-2-4-8-12(10)13-11;/h2*6-8,10-16H,4-5,9H2,1-3H3;1-7H,13H2;. The van der Waals surface area contributed by atoms with Crippen molar-refractivity contribution in [1.82, 2.24) is 0 Å². The number of hydrogen-bond acceptors (Lipinski definition) is 0. The molecule has 6 aromatic carbocycles. The Morgan fingerprint density at radius 1 is 0.483 bits per heavy atom.